The van der Waals surface area contributed by atoms with E-state index in [9.17, 15) is 14.9 Å². The van der Waals surface area contributed by atoms with Crippen LogP contribution in [0.1, 0.15) is 10.4 Å². The van der Waals surface area contributed by atoms with Crippen LogP contribution in [0.25, 0.3) is 0 Å². The fourth-order valence-electron chi connectivity index (χ4n) is 2.45. The molecule has 0 saturated heterocycles. The summed E-state index contributed by atoms with van der Waals surface area (Å²) in [5.41, 5.74) is 0.517. The molecule has 11 heteroatoms. The summed E-state index contributed by atoms with van der Waals surface area (Å²) in [6.07, 6.45) is 1.15. The summed E-state index contributed by atoms with van der Waals surface area (Å²) in [7, 11) is 1.24. The Hall–Kier alpha value is -3.43. The monoisotopic (exact) mass is 433 g/mol. The van der Waals surface area contributed by atoms with Gasteiger partial charge in [-0.1, -0.05) is 35.3 Å². The van der Waals surface area contributed by atoms with Crippen LogP contribution in [0.4, 0.5) is 28.7 Å². The second-order valence-electron chi connectivity index (χ2n) is 5.59. The highest BCUT2D eigenvalue weighted by Crippen LogP contribution is 2.35. The summed E-state index contributed by atoms with van der Waals surface area (Å²) < 4.78 is 4.73. The van der Waals surface area contributed by atoms with Crippen LogP contribution in [0.15, 0.2) is 48.8 Å². The zero-order valence-electron chi connectivity index (χ0n) is 14.8. The molecule has 0 aliphatic heterocycles. The number of methoxy groups -OCH3 is 1. The van der Waals surface area contributed by atoms with Gasteiger partial charge in [-0.3, -0.25) is 10.1 Å². The molecule has 1 heterocycles. The number of nitrogens with one attached hydrogen (secondary N) is 2. The molecular formula is C18H13Cl2N5O4. The third kappa shape index (κ3) is 4.53. The molecule has 9 nitrogen and oxygen atoms in total. The van der Waals surface area contributed by atoms with Crippen molar-refractivity contribution in [3.63, 3.8) is 0 Å². The highest BCUT2D eigenvalue weighted by atomic mass is 35.5. The number of hydrogen-bond acceptors (Lipinski definition) is 8. The first-order chi connectivity index (χ1) is 13.9. The molecule has 3 rings (SSSR count). The maximum atomic E-state index is 11.9. The van der Waals surface area contributed by atoms with Gasteiger partial charge in [-0.05, 0) is 30.3 Å². The molecular weight excluding hydrogens is 421 g/mol. The van der Waals surface area contributed by atoms with Crippen LogP contribution in [0, 0.1) is 10.1 Å². The number of ether oxygens (including phenoxy) is 1. The lowest BCUT2D eigenvalue weighted by molar-refractivity contribution is -0.383. The zero-order valence-corrected chi connectivity index (χ0v) is 16.4. The Balaban J connectivity index is 2.01. The second-order valence-corrected chi connectivity index (χ2v) is 6.41. The van der Waals surface area contributed by atoms with Crippen LogP contribution in [0.5, 0.6) is 0 Å². The smallest absolute Gasteiger partial charge is 0.353 e. The lowest BCUT2D eigenvalue weighted by Crippen LogP contribution is -2.09. The normalized spacial score (nSPS) is 10.3. The number of rotatable bonds is 6. The van der Waals surface area contributed by atoms with E-state index in [0.29, 0.717) is 16.4 Å². The minimum Gasteiger partial charge on any atom is -0.465 e. The molecule has 0 aliphatic rings. The molecule has 148 valence electrons. The molecule has 29 heavy (non-hydrogen) atoms. The molecule has 0 unspecified atom stereocenters. The first-order valence-corrected chi connectivity index (χ1v) is 8.82. The van der Waals surface area contributed by atoms with Crippen LogP contribution < -0.4 is 10.6 Å². The molecule has 3 aromatic rings. The van der Waals surface area contributed by atoms with E-state index in [2.05, 4.69) is 20.6 Å². The number of halogens is 2. The Morgan fingerprint density at radius 2 is 1.76 bits per heavy atom. The quantitative estimate of drug-likeness (QED) is 0.317. The van der Waals surface area contributed by atoms with Crippen molar-refractivity contribution in [1.82, 2.24) is 9.97 Å². The second kappa shape index (κ2) is 8.72. The van der Waals surface area contributed by atoms with E-state index in [1.807, 2.05) is 0 Å². The van der Waals surface area contributed by atoms with Gasteiger partial charge in [0.05, 0.1) is 33.3 Å². The summed E-state index contributed by atoms with van der Waals surface area (Å²) >= 11 is 11.9. The third-order valence-electron chi connectivity index (χ3n) is 3.77. The van der Waals surface area contributed by atoms with Gasteiger partial charge in [-0.2, -0.15) is 0 Å². The molecule has 0 fully saturated rings. The summed E-state index contributed by atoms with van der Waals surface area (Å²) in [4.78, 5) is 30.9. The van der Waals surface area contributed by atoms with Crippen LogP contribution in [0.2, 0.25) is 10.0 Å². The molecule has 0 amide bonds. The van der Waals surface area contributed by atoms with Gasteiger partial charge in [-0.25, -0.2) is 14.8 Å². The largest absolute Gasteiger partial charge is 0.465 e. The van der Waals surface area contributed by atoms with Crippen LogP contribution in [-0.2, 0) is 4.74 Å². The van der Waals surface area contributed by atoms with E-state index >= 15 is 0 Å². The first kappa shape index (κ1) is 20.3. The fourth-order valence-corrected chi connectivity index (χ4v) is 2.75. The van der Waals surface area contributed by atoms with Gasteiger partial charge < -0.3 is 15.4 Å². The van der Waals surface area contributed by atoms with Crippen LogP contribution in [0.3, 0.4) is 0 Å². The molecule has 0 bridgehead atoms. The number of benzene rings is 2. The molecule has 2 N–H and O–H groups in total. The Kier molecular flexibility index (Phi) is 6.10. The predicted octanol–water partition coefficient (Wildman–Crippen LogP) is 4.97. The maximum absolute atomic E-state index is 11.9. The minimum atomic E-state index is -0.636. The van der Waals surface area contributed by atoms with Gasteiger partial charge >= 0.3 is 11.7 Å². The van der Waals surface area contributed by atoms with Gasteiger partial charge in [-0.15, -0.1) is 0 Å². The number of hydrogen-bond donors (Lipinski definition) is 2. The average molecular weight is 434 g/mol. The Bertz CT molecular complexity index is 1090. The van der Waals surface area contributed by atoms with Crippen LogP contribution in [-0.4, -0.2) is 28.0 Å². The number of anilines is 4. The van der Waals surface area contributed by atoms with Crippen molar-refractivity contribution in [2.24, 2.45) is 0 Å². The summed E-state index contributed by atoms with van der Waals surface area (Å²) in [6, 6.07) is 11.1. The first-order valence-electron chi connectivity index (χ1n) is 8.06. The molecule has 0 saturated carbocycles. The maximum Gasteiger partial charge on any atom is 0.353 e. The van der Waals surface area contributed by atoms with Crippen LogP contribution >= 0.6 is 23.2 Å². The van der Waals surface area contributed by atoms with Crippen molar-refractivity contribution in [2.45, 2.75) is 0 Å². The lowest BCUT2D eigenvalue weighted by atomic mass is 10.2. The zero-order chi connectivity index (χ0) is 21.0. The number of carbonyl (C=O) groups is 1. The molecule has 0 radical (unpaired) electrons. The van der Waals surface area contributed by atoms with Gasteiger partial charge in [0.25, 0.3) is 0 Å². The highest BCUT2D eigenvalue weighted by molar-refractivity contribution is 6.42. The van der Waals surface area contributed by atoms with Crippen molar-refractivity contribution in [3.8, 4) is 0 Å². The van der Waals surface area contributed by atoms with Crippen molar-refractivity contribution in [1.29, 1.82) is 0 Å². The van der Waals surface area contributed by atoms with E-state index in [-0.39, 0.29) is 22.2 Å². The van der Waals surface area contributed by atoms with Gasteiger partial charge in [0.15, 0.2) is 0 Å². The standard InChI is InChI=1S/C18H13Cl2N5O4/c1-29-18(26)11-4-2-3-5-14(11)24-17-15(25(27)28)16(21-9-22-17)23-10-6-7-12(19)13(20)8-10/h2-9H,1H3,(H2,21,22,23,24). The van der Waals surface area contributed by atoms with E-state index in [0.717, 1.165) is 6.33 Å². The number of nitrogens with zero attached hydrogens (tertiary/aromatic N) is 3. The number of para-hydroxylation sites is 1. The van der Waals surface area contributed by atoms with Gasteiger partial charge in [0.2, 0.25) is 11.6 Å². The SMILES string of the molecule is COC(=O)c1ccccc1Nc1ncnc(Nc2ccc(Cl)c(Cl)c2)c1[N+](=O)[O-]. The Labute approximate surface area is 174 Å². The highest BCUT2D eigenvalue weighted by Gasteiger charge is 2.24. The van der Waals surface area contributed by atoms with Gasteiger partial charge in [0, 0.05) is 5.69 Å². The van der Waals surface area contributed by atoms with E-state index in [1.54, 1.807) is 30.3 Å². The lowest BCUT2D eigenvalue weighted by Gasteiger charge is -2.12. The minimum absolute atomic E-state index is 0.0681. The summed E-state index contributed by atoms with van der Waals surface area (Å²) in [5.74, 6) is -0.774. The van der Waals surface area contributed by atoms with Crippen molar-refractivity contribution >= 4 is 57.9 Å². The van der Waals surface area contributed by atoms with E-state index < -0.39 is 16.6 Å². The predicted molar refractivity (Wildman–Crippen MR) is 109 cm³/mol. The Morgan fingerprint density at radius 1 is 1.07 bits per heavy atom. The molecule has 2 aromatic carbocycles. The van der Waals surface area contributed by atoms with Crippen molar-refractivity contribution in [2.75, 3.05) is 17.7 Å². The molecule has 0 spiro atoms. The molecule has 0 aliphatic carbocycles. The topological polar surface area (TPSA) is 119 Å². The Morgan fingerprint density at radius 3 is 2.41 bits per heavy atom. The van der Waals surface area contributed by atoms with E-state index in [1.165, 1.54) is 19.2 Å². The number of nitro groups is 1. The summed E-state index contributed by atoms with van der Waals surface area (Å²) in [5, 5.41) is 18.0. The van der Waals surface area contributed by atoms with E-state index in [4.69, 9.17) is 27.9 Å². The summed E-state index contributed by atoms with van der Waals surface area (Å²) in [6.45, 7) is 0. The molecule has 1 aromatic heterocycles. The number of aromatic nitrogens is 2. The number of carbonyl (C=O) groups excluding carboxylic acids is 1. The fraction of sp³-hybridized carbons (Fsp3) is 0.0556. The van der Waals surface area contributed by atoms with Gasteiger partial charge in [0.1, 0.15) is 6.33 Å². The van der Waals surface area contributed by atoms with Crippen molar-refractivity contribution < 1.29 is 14.5 Å². The van der Waals surface area contributed by atoms with Crippen molar-refractivity contribution in [3.05, 3.63) is 74.5 Å². The molecule has 0 atom stereocenters. The third-order valence-corrected chi connectivity index (χ3v) is 4.51. The average Bonchev–Trinajstić information content (AvgIpc) is 2.70. The number of esters is 1.